The van der Waals surface area contributed by atoms with Gasteiger partial charge in [-0.1, -0.05) is 0 Å². The van der Waals surface area contributed by atoms with Crippen LogP contribution in [-0.4, -0.2) is 76.7 Å². The molecule has 3 rings (SSSR count). The molecule has 0 fully saturated rings. The summed E-state index contributed by atoms with van der Waals surface area (Å²) < 4.78 is 44.9. The summed E-state index contributed by atoms with van der Waals surface area (Å²) in [5.41, 5.74) is 3.86. The number of carboxylic acids is 1. The van der Waals surface area contributed by atoms with E-state index in [9.17, 15) is 22.4 Å². The minimum atomic E-state index is -5.08. The second kappa shape index (κ2) is 10.5. The Morgan fingerprint density at radius 2 is 1.66 bits per heavy atom. The largest absolute Gasteiger partial charge is 0.490 e. The number of likely N-dealkylation sites (N-methyl/N-ethyl adjacent to an activating group) is 1. The number of carbonyl (C=O) groups is 2. The van der Waals surface area contributed by atoms with Gasteiger partial charge in [0.05, 0.1) is 6.54 Å². The van der Waals surface area contributed by atoms with E-state index < -0.39 is 12.1 Å². The second-order valence-corrected chi connectivity index (χ2v) is 7.49. The first-order valence-electron chi connectivity index (χ1n) is 9.73. The molecule has 1 amide bonds. The predicted octanol–water partition coefficient (Wildman–Crippen LogP) is 2.71. The maximum atomic E-state index is 13.1. The van der Waals surface area contributed by atoms with Crippen molar-refractivity contribution in [1.29, 1.82) is 0 Å². The smallest absolute Gasteiger partial charge is 0.475 e. The van der Waals surface area contributed by atoms with Crippen LogP contribution in [-0.2, 0) is 22.4 Å². The topological polar surface area (TPSA) is 86.6 Å². The monoisotopic (exact) mass is 456 g/mol. The van der Waals surface area contributed by atoms with Crippen molar-refractivity contribution in [1.82, 2.24) is 19.8 Å². The lowest BCUT2D eigenvalue weighted by Gasteiger charge is -2.22. The molecule has 7 nitrogen and oxygen atoms in total. The third-order valence-corrected chi connectivity index (χ3v) is 4.70. The lowest BCUT2D eigenvalue weighted by Crippen LogP contribution is -2.39. The zero-order valence-corrected chi connectivity index (χ0v) is 17.9. The first-order chi connectivity index (χ1) is 14.9. The minimum Gasteiger partial charge on any atom is -0.475 e. The van der Waals surface area contributed by atoms with Crippen molar-refractivity contribution < 1.29 is 32.3 Å². The number of fused-ring (bicyclic) bond motifs is 1. The molecule has 2 aromatic rings. The molecular weight excluding hydrogens is 432 g/mol. The van der Waals surface area contributed by atoms with Crippen LogP contribution in [0.25, 0.3) is 11.4 Å². The van der Waals surface area contributed by atoms with Gasteiger partial charge >= 0.3 is 12.1 Å². The van der Waals surface area contributed by atoms with E-state index in [1.165, 1.54) is 12.1 Å². The molecular formula is C21H24F4N4O3. The van der Waals surface area contributed by atoms with Gasteiger partial charge in [-0.05, 0) is 57.3 Å². The maximum absolute atomic E-state index is 13.1. The summed E-state index contributed by atoms with van der Waals surface area (Å²) in [6.45, 7) is 3.76. The zero-order valence-electron chi connectivity index (χ0n) is 17.9. The van der Waals surface area contributed by atoms with Gasteiger partial charge in [-0.2, -0.15) is 13.2 Å². The summed E-state index contributed by atoms with van der Waals surface area (Å²) in [5.74, 6) is -2.27. The third-order valence-electron chi connectivity index (χ3n) is 4.70. The summed E-state index contributed by atoms with van der Waals surface area (Å²) in [4.78, 5) is 34.3. The van der Waals surface area contributed by atoms with Crippen LogP contribution in [0.4, 0.5) is 17.6 Å². The first-order valence-corrected chi connectivity index (χ1v) is 9.73. The van der Waals surface area contributed by atoms with E-state index in [4.69, 9.17) is 14.9 Å². The summed E-state index contributed by atoms with van der Waals surface area (Å²) in [5, 5.41) is 7.12. The Balaban J connectivity index is 0.000000451. The molecule has 0 saturated carbocycles. The minimum absolute atomic E-state index is 0.141. The van der Waals surface area contributed by atoms with Gasteiger partial charge in [0.15, 0.2) is 5.82 Å². The lowest BCUT2D eigenvalue weighted by atomic mass is 10.1. The van der Waals surface area contributed by atoms with E-state index >= 15 is 0 Å². The molecule has 0 unspecified atom stereocenters. The number of aliphatic carboxylic acids is 1. The van der Waals surface area contributed by atoms with E-state index in [0.29, 0.717) is 31.9 Å². The Bertz CT molecular complexity index is 963. The van der Waals surface area contributed by atoms with Crippen LogP contribution < -0.4 is 0 Å². The van der Waals surface area contributed by atoms with Gasteiger partial charge < -0.3 is 14.9 Å². The second-order valence-electron chi connectivity index (χ2n) is 7.49. The average molecular weight is 456 g/mol. The van der Waals surface area contributed by atoms with Crippen LogP contribution in [0.3, 0.4) is 0 Å². The number of hydrogen-bond donors (Lipinski definition) is 1. The van der Waals surface area contributed by atoms with Crippen molar-refractivity contribution in [3.63, 3.8) is 0 Å². The van der Waals surface area contributed by atoms with Gasteiger partial charge in [0.2, 0.25) is 5.91 Å². The molecule has 0 atom stereocenters. The third kappa shape index (κ3) is 6.98. The Morgan fingerprint density at radius 3 is 2.19 bits per heavy atom. The SMILES string of the molecule is Cc1nc(-c2ccc(F)cc2)nc2c1CCN(C(=O)CN(C)C)CC2.O=C(O)C(F)(F)F. The van der Waals surface area contributed by atoms with Crippen molar-refractivity contribution in [2.75, 3.05) is 33.7 Å². The number of alkyl halides is 3. The summed E-state index contributed by atoms with van der Waals surface area (Å²) in [6.07, 6.45) is -3.60. The molecule has 1 aromatic carbocycles. The van der Waals surface area contributed by atoms with Crippen molar-refractivity contribution >= 4 is 11.9 Å². The van der Waals surface area contributed by atoms with Crippen molar-refractivity contribution in [2.45, 2.75) is 25.9 Å². The van der Waals surface area contributed by atoms with Gasteiger partial charge in [0.25, 0.3) is 0 Å². The molecule has 0 spiro atoms. The van der Waals surface area contributed by atoms with Crippen LogP contribution >= 0.6 is 0 Å². The number of rotatable bonds is 3. The highest BCUT2D eigenvalue weighted by Gasteiger charge is 2.38. The van der Waals surface area contributed by atoms with Crippen LogP contribution in [0, 0.1) is 12.7 Å². The van der Waals surface area contributed by atoms with E-state index in [1.54, 1.807) is 12.1 Å². The molecule has 2 heterocycles. The van der Waals surface area contributed by atoms with Gasteiger partial charge in [0.1, 0.15) is 5.82 Å². The van der Waals surface area contributed by atoms with Gasteiger partial charge in [0, 0.05) is 36.5 Å². The molecule has 0 aliphatic carbocycles. The molecule has 0 radical (unpaired) electrons. The number of benzene rings is 1. The highest BCUT2D eigenvalue weighted by Crippen LogP contribution is 2.22. The summed E-state index contributed by atoms with van der Waals surface area (Å²) in [6, 6.07) is 6.23. The molecule has 11 heteroatoms. The molecule has 32 heavy (non-hydrogen) atoms. The molecule has 1 aliphatic rings. The number of nitrogens with zero attached hydrogens (tertiary/aromatic N) is 4. The Hall–Kier alpha value is -3.08. The number of carboxylic acid groups (broad SMARTS) is 1. The molecule has 1 N–H and O–H groups in total. The number of aromatic nitrogens is 2. The van der Waals surface area contributed by atoms with Crippen molar-refractivity contribution in [3.8, 4) is 11.4 Å². The normalized spacial score (nSPS) is 13.7. The Labute approximate surface area is 182 Å². The lowest BCUT2D eigenvalue weighted by molar-refractivity contribution is -0.192. The number of carbonyl (C=O) groups excluding carboxylic acids is 1. The number of amides is 1. The fourth-order valence-corrected chi connectivity index (χ4v) is 3.13. The molecule has 1 aliphatic heterocycles. The van der Waals surface area contributed by atoms with Crippen LogP contribution in [0.5, 0.6) is 0 Å². The van der Waals surface area contributed by atoms with Crippen LogP contribution in [0.2, 0.25) is 0 Å². The van der Waals surface area contributed by atoms with Crippen LogP contribution in [0.1, 0.15) is 17.0 Å². The fourth-order valence-electron chi connectivity index (χ4n) is 3.13. The van der Waals surface area contributed by atoms with E-state index in [0.717, 1.165) is 28.9 Å². The molecule has 174 valence electrons. The number of aryl methyl sites for hydroxylation is 1. The molecule has 0 bridgehead atoms. The quantitative estimate of drug-likeness (QED) is 0.715. The average Bonchev–Trinajstić information content (AvgIpc) is 2.91. The standard InChI is InChI=1S/C19H23FN4O.C2HF3O2/c1-13-16-8-10-24(18(25)12-23(2)3)11-9-17(16)22-19(21-13)14-4-6-15(20)7-5-14;3-2(4,5)1(6)7/h4-7H,8-12H2,1-3H3;(H,6,7). The molecule has 0 saturated heterocycles. The van der Waals surface area contributed by atoms with Crippen molar-refractivity contribution in [3.05, 3.63) is 47.0 Å². The first kappa shape index (κ1) is 25.2. The Morgan fingerprint density at radius 1 is 1.09 bits per heavy atom. The van der Waals surface area contributed by atoms with E-state index in [2.05, 4.69) is 4.98 Å². The summed E-state index contributed by atoms with van der Waals surface area (Å²) >= 11 is 0. The van der Waals surface area contributed by atoms with Gasteiger partial charge in [-0.15, -0.1) is 0 Å². The molecule has 1 aromatic heterocycles. The van der Waals surface area contributed by atoms with E-state index in [-0.39, 0.29) is 11.7 Å². The summed E-state index contributed by atoms with van der Waals surface area (Å²) in [7, 11) is 3.80. The zero-order chi connectivity index (χ0) is 24.1. The van der Waals surface area contributed by atoms with Crippen LogP contribution in [0.15, 0.2) is 24.3 Å². The van der Waals surface area contributed by atoms with Crippen molar-refractivity contribution in [2.24, 2.45) is 0 Å². The number of halogens is 4. The van der Waals surface area contributed by atoms with E-state index in [1.807, 2.05) is 30.8 Å². The highest BCUT2D eigenvalue weighted by atomic mass is 19.4. The highest BCUT2D eigenvalue weighted by molar-refractivity contribution is 5.78. The Kier molecular flexibility index (Phi) is 8.25. The van der Waals surface area contributed by atoms with Gasteiger partial charge in [-0.3, -0.25) is 4.79 Å². The predicted molar refractivity (Wildman–Crippen MR) is 108 cm³/mol. The van der Waals surface area contributed by atoms with Gasteiger partial charge in [-0.25, -0.2) is 19.2 Å². The fraction of sp³-hybridized carbons (Fsp3) is 0.429. The number of hydrogen-bond acceptors (Lipinski definition) is 5. The maximum Gasteiger partial charge on any atom is 0.490 e.